The van der Waals surface area contributed by atoms with Crippen molar-refractivity contribution in [2.45, 2.75) is 25.8 Å². The minimum absolute atomic E-state index is 0.0198. The summed E-state index contributed by atoms with van der Waals surface area (Å²) >= 11 is 0. The van der Waals surface area contributed by atoms with Crippen LogP contribution in [0.3, 0.4) is 0 Å². The van der Waals surface area contributed by atoms with Crippen molar-refractivity contribution in [2.24, 2.45) is 0 Å². The standard InChI is InChI=1S/C16H17N3O2/c20-16(13-11-17-15-7-3-4-8-18(13)15)19-9-10-21-14-6-2-1-5-12(14)19/h1-2,5-6,11H,3-4,7-10H2. The van der Waals surface area contributed by atoms with E-state index in [1.807, 2.05) is 24.3 Å². The van der Waals surface area contributed by atoms with Crippen molar-refractivity contribution in [3.8, 4) is 5.75 Å². The van der Waals surface area contributed by atoms with Crippen molar-refractivity contribution in [3.63, 3.8) is 0 Å². The summed E-state index contributed by atoms with van der Waals surface area (Å²) in [6.45, 7) is 2.00. The van der Waals surface area contributed by atoms with Crippen LogP contribution in [-0.4, -0.2) is 28.6 Å². The van der Waals surface area contributed by atoms with Gasteiger partial charge in [-0.3, -0.25) is 4.79 Å². The van der Waals surface area contributed by atoms with Crippen molar-refractivity contribution in [2.75, 3.05) is 18.1 Å². The molecule has 0 aliphatic carbocycles. The first-order chi connectivity index (χ1) is 10.3. The fraction of sp³-hybridized carbons (Fsp3) is 0.375. The average Bonchev–Trinajstić information content (AvgIpc) is 2.98. The van der Waals surface area contributed by atoms with Gasteiger partial charge in [-0.05, 0) is 25.0 Å². The number of ether oxygens (including phenoxy) is 1. The molecule has 5 heteroatoms. The molecule has 2 aliphatic heterocycles. The fourth-order valence-corrected chi connectivity index (χ4v) is 3.11. The van der Waals surface area contributed by atoms with Crippen molar-refractivity contribution >= 4 is 11.6 Å². The van der Waals surface area contributed by atoms with Crippen LogP contribution < -0.4 is 9.64 Å². The summed E-state index contributed by atoms with van der Waals surface area (Å²) in [6, 6.07) is 7.69. The number of anilines is 1. The van der Waals surface area contributed by atoms with Gasteiger partial charge < -0.3 is 14.2 Å². The summed E-state index contributed by atoms with van der Waals surface area (Å²) in [4.78, 5) is 19.1. The Labute approximate surface area is 123 Å². The molecule has 108 valence electrons. The van der Waals surface area contributed by atoms with Gasteiger partial charge in [0.05, 0.1) is 18.4 Å². The summed E-state index contributed by atoms with van der Waals surface area (Å²) < 4.78 is 7.69. The van der Waals surface area contributed by atoms with Crippen molar-refractivity contribution in [1.82, 2.24) is 9.55 Å². The van der Waals surface area contributed by atoms with Gasteiger partial charge >= 0.3 is 0 Å². The lowest BCUT2D eigenvalue weighted by Crippen LogP contribution is -2.39. The van der Waals surface area contributed by atoms with Crippen LogP contribution in [0, 0.1) is 0 Å². The molecule has 0 saturated carbocycles. The lowest BCUT2D eigenvalue weighted by Gasteiger charge is -2.29. The van der Waals surface area contributed by atoms with Crippen molar-refractivity contribution < 1.29 is 9.53 Å². The SMILES string of the molecule is O=C(c1cnc2n1CCCC2)N1CCOc2ccccc21. The number of carbonyl (C=O) groups excluding carboxylic acids is 1. The Hall–Kier alpha value is -2.30. The van der Waals surface area contributed by atoms with Crippen LogP contribution in [0.4, 0.5) is 5.69 Å². The van der Waals surface area contributed by atoms with Gasteiger partial charge in [-0.25, -0.2) is 4.98 Å². The highest BCUT2D eigenvalue weighted by Gasteiger charge is 2.28. The summed E-state index contributed by atoms with van der Waals surface area (Å²) in [7, 11) is 0. The third kappa shape index (κ3) is 2.00. The first kappa shape index (κ1) is 12.4. The van der Waals surface area contributed by atoms with Crippen LogP contribution in [0.1, 0.15) is 29.2 Å². The third-order valence-corrected chi connectivity index (χ3v) is 4.16. The highest BCUT2D eigenvalue weighted by Crippen LogP contribution is 2.32. The lowest BCUT2D eigenvalue weighted by atomic mass is 10.1. The number of aryl methyl sites for hydroxylation is 1. The molecule has 1 aromatic heterocycles. The number of hydrogen-bond donors (Lipinski definition) is 0. The van der Waals surface area contributed by atoms with Gasteiger partial charge in [0.2, 0.25) is 0 Å². The molecule has 0 radical (unpaired) electrons. The maximum Gasteiger partial charge on any atom is 0.276 e. The molecular weight excluding hydrogens is 266 g/mol. The Balaban J connectivity index is 1.71. The van der Waals surface area contributed by atoms with Crippen LogP contribution in [0.2, 0.25) is 0 Å². The zero-order valence-electron chi connectivity index (χ0n) is 11.8. The quantitative estimate of drug-likeness (QED) is 0.806. The van der Waals surface area contributed by atoms with E-state index in [4.69, 9.17) is 4.74 Å². The van der Waals surface area contributed by atoms with E-state index in [0.29, 0.717) is 18.8 Å². The number of imidazole rings is 1. The summed E-state index contributed by atoms with van der Waals surface area (Å²) in [5.41, 5.74) is 1.54. The smallest absolute Gasteiger partial charge is 0.276 e. The summed E-state index contributed by atoms with van der Waals surface area (Å²) in [5.74, 6) is 1.83. The normalized spacial score (nSPS) is 16.9. The molecule has 0 saturated heterocycles. The van der Waals surface area contributed by atoms with E-state index in [-0.39, 0.29) is 5.91 Å². The molecule has 1 amide bonds. The molecule has 0 N–H and O–H groups in total. The summed E-state index contributed by atoms with van der Waals surface area (Å²) in [6.07, 6.45) is 4.96. The number of rotatable bonds is 1. The van der Waals surface area contributed by atoms with Gasteiger partial charge in [-0.2, -0.15) is 0 Å². The molecule has 4 rings (SSSR count). The average molecular weight is 283 g/mol. The zero-order chi connectivity index (χ0) is 14.2. The topological polar surface area (TPSA) is 47.4 Å². The molecule has 2 aliphatic rings. The number of nitrogens with zero attached hydrogens (tertiary/aromatic N) is 3. The predicted molar refractivity (Wildman–Crippen MR) is 78.8 cm³/mol. The Bertz CT molecular complexity index is 693. The molecule has 0 unspecified atom stereocenters. The lowest BCUT2D eigenvalue weighted by molar-refractivity contribution is 0.0966. The second-order valence-corrected chi connectivity index (χ2v) is 5.44. The molecule has 21 heavy (non-hydrogen) atoms. The van der Waals surface area contributed by atoms with Gasteiger partial charge in [0.25, 0.3) is 5.91 Å². The van der Waals surface area contributed by atoms with Gasteiger partial charge in [0.15, 0.2) is 0 Å². The Kier molecular flexibility index (Phi) is 2.91. The third-order valence-electron chi connectivity index (χ3n) is 4.16. The first-order valence-electron chi connectivity index (χ1n) is 7.43. The van der Waals surface area contributed by atoms with Gasteiger partial charge in [0.1, 0.15) is 23.9 Å². The van der Waals surface area contributed by atoms with Crippen LogP contribution in [0.5, 0.6) is 5.75 Å². The van der Waals surface area contributed by atoms with E-state index in [1.165, 1.54) is 0 Å². The number of fused-ring (bicyclic) bond motifs is 2. The van der Waals surface area contributed by atoms with E-state index < -0.39 is 0 Å². The Morgan fingerprint density at radius 3 is 3.05 bits per heavy atom. The van der Waals surface area contributed by atoms with E-state index in [1.54, 1.807) is 11.1 Å². The zero-order valence-corrected chi connectivity index (χ0v) is 11.8. The molecule has 0 spiro atoms. The number of benzene rings is 1. The fourth-order valence-electron chi connectivity index (χ4n) is 3.11. The van der Waals surface area contributed by atoms with Crippen LogP contribution in [0.15, 0.2) is 30.5 Å². The second-order valence-electron chi connectivity index (χ2n) is 5.44. The first-order valence-corrected chi connectivity index (χ1v) is 7.43. The number of amides is 1. The monoisotopic (exact) mass is 283 g/mol. The Morgan fingerprint density at radius 1 is 1.19 bits per heavy atom. The Morgan fingerprint density at radius 2 is 2.10 bits per heavy atom. The van der Waals surface area contributed by atoms with Gasteiger partial charge in [-0.15, -0.1) is 0 Å². The van der Waals surface area contributed by atoms with Crippen LogP contribution in [-0.2, 0) is 13.0 Å². The molecule has 0 atom stereocenters. The van der Waals surface area contributed by atoms with Crippen molar-refractivity contribution in [1.29, 1.82) is 0 Å². The molecular formula is C16H17N3O2. The van der Waals surface area contributed by atoms with Gasteiger partial charge in [0, 0.05) is 13.0 Å². The summed E-state index contributed by atoms with van der Waals surface area (Å²) in [5, 5.41) is 0. The minimum atomic E-state index is 0.0198. The number of para-hydroxylation sites is 2. The molecule has 5 nitrogen and oxygen atoms in total. The maximum absolute atomic E-state index is 12.9. The molecule has 0 fully saturated rings. The second kappa shape index (κ2) is 4.91. The predicted octanol–water partition coefficient (Wildman–Crippen LogP) is 2.26. The van der Waals surface area contributed by atoms with E-state index >= 15 is 0 Å². The van der Waals surface area contributed by atoms with Gasteiger partial charge in [-0.1, -0.05) is 12.1 Å². The number of carbonyl (C=O) groups is 1. The van der Waals surface area contributed by atoms with E-state index in [0.717, 1.165) is 43.1 Å². The molecule has 0 bridgehead atoms. The molecule has 3 heterocycles. The molecule has 2 aromatic rings. The highest BCUT2D eigenvalue weighted by atomic mass is 16.5. The largest absolute Gasteiger partial charge is 0.490 e. The van der Waals surface area contributed by atoms with Crippen LogP contribution in [0.25, 0.3) is 0 Å². The highest BCUT2D eigenvalue weighted by molar-refractivity contribution is 6.06. The molecule has 1 aromatic carbocycles. The van der Waals surface area contributed by atoms with E-state index in [9.17, 15) is 4.79 Å². The minimum Gasteiger partial charge on any atom is -0.490 e. The maximum atomic E-state index is 12.9. The van der Waals surface area contributed by atoms with Crippen molar-refractivity contribution in [3.05, 3.63) is 42.0 Å². The van der Waals surface area contributed by atoms with E-state index in [2.05, 4.69) is 9.55 Å². The number of aromatic nitrogens is 2. The number of hydrogen-bond acceptors (Lipinski definition) is 3. The van der Waals surface area contributed by atoms with Crippen LogP contribution >= 0.6 is 0 Å².